The lowest BCUT2D eigenvalue weighted by Crippen LogP contribution is -2.47. The summed E-state index contributed by atoms with van der Waals surface area (Å²) in [5.74, 6) is 1.81. The smallest absolute Gasteiger partial charge is 0.315 e. The Hall–Kier alpha value is -2.41. The third kappa shape index (κ3) is 4.33. The second kappa shape index (κ2) is 8.61. The van der Waals surface area contributed by atoms with E-state index in [2.05, 4.69) is 56.0 Å². The van der Waals surface area contributed by atoms with Crippen LogP contribution in [0, 0.1) is 12.8 Å². The number of carbonyl (C=O) groups is 1. The Bertz CT molecular complexity index is 894. The zero-order valence-corrected chi connectivity index (χ0v) is 18.3. The minimum absolute atomic E-state index is 0.0186. The second-order valence-electron chi connectivity index (χ2n) is 9.74. The molecule has 5 rings (SSSR count). The summed E-state index contributed by atoms with van der Waals surface area (Å²) in [7, 11) is 0. The molecule has 7 nitrogen and oxygen atoms in total. The van der Waals surface area contributed by atoms with Crippen LogP contribution in [0.2, 0.25) is 0 Å². The Balaban J connectivity index is 1.27. The van der Waals surface area contributed by atoms with Crippen molar-refractivity contribution < 1.29 is 9.32 Å². The van der Waals surface area contributed by atoms with Gasteiger partial charge in [-0.1, -0.05) is 54.8 Å². The molecular formula is C24H33N5O2. The number of fused-ring (bicyclic) bond motifs is 1. The van der Waals surface area contributed by atoms with Crippen LogP contribution in [0.4, 0.5) is 4.79 Å². The van der Waals surface area contributed by atoms with Crippen molar-refractivity contribution in [2.24, 2.45) is 5.92 Å². The molecule has 0 radical (unpaired) electrons. The van der Waals surface area contributed by atoms with E-state index in [9.17, 15) is 4.79 Å². The summed E-state index contributed by atoms with van der Waals surface area (Å²) in [4.78, 5) is 19.8. The van der Waals surface area contributed by atoms with Crippen molar-refractivity contribution in [1.29, 1.82) is 0 Å². The molecule has 166 valence electrons. The molecule has 3 unspecified atom stereocenters. The predicted octanol–water partition coefficient (Wildman–Crippen LogP) is 3.54. The fraction of sp³-hybridized carbons (Fsp3) is 0.625. The molecule has 2 amide bonds. The van der Waals surface area contributed by atoms with Crippen molar-refractivity contribution in [3.05, 3.63) is 47.6 Å². The van der Waals surface area contributed by atoms with Crippen LogP contribution >= 0.6 is 0 Å². The van der Waals surface area contributed by atoms with Crippen LogP contribution in [-0.4, -0.2) is 46.2 Å². The topological polar surface area (TPSA) is 83.3 Å². The van der Waals surface area contributed by atoms with Gasteiger partial charge in [0.25, 0.3) is 0 Å². The molecule has 3 fully saturated rings. The molecule has 2 heterocycles. The van der Waals surface area contributed by atoms with Gasteiger partial charge in [0.2, 0.25) is 5.89 Å². The number of hydrogen-bond donors (Lipinski definition) is 2. The lowest BCUT2D eigenvalue weighted by molar-refractivity contribution is 0.222. The summed E-state index contributed by atoms with van der Waals surface area (Å²) in [5, 5.41) is 10.5. The first kappa shape index (κ1) is 20.5. The van der Waals surface area contributed by atoms with Crippen LogP contribution in [0.3, 0.4) is 0 Å². The Morgan fingerprint density at radius 1 is 1.16 bits per heavy atom. The van der Waals surface area contributed by atoms with Gasteiger partial charge >= 0.3 is 6.03 Å². The van der Waals surface area contributed by atoms with E-state index in [0.29, 0.717) is 17.8 Å². The summed E-state index contributed by atoms with van der Waals surface area (Å²) < 4.78 is 5.71. The number of likely N-dealkylation sites (tertiary alicyclic amines) is 1. The van der Waals surface area contributed by atoms with Crippen LogP contribution in [0.5, 0.6) is 0 Å². The molecule has 1 aliphatic heterocycles. The normalized spacial score (nSPS) is 29.1. The van der Waals surface area contributed by atoms with Crippen LogP contribution in [0.15, 0.2) is 34.9 Å². The highest BCUT2D eigenvalue weighted by molar-refractivity contribution is 5.74. The summed E-state index contributed by atoms with van der Waals surface area (Å²) in [6, 6.07) is 11.0. The van der Waals surface area contributed by atoms with Crippen molar-refractivity contribution in [1.82, 2.24) is 25.7 Å². The predicted molar refractivity (Wildman–Crippen MR) is 117 cm³/mol. The molecule has 2 aromatic rings. The zero-order chi connectivity index (χ0) is 21.3. The Labute approximate surface area is 184 Å². The van der Waals surface area contributed by atoms with Gasteiger partial charge in [-0.15, -0.1) is 0 Å². The second-order valence-corrected chi connectivity index (χ2v) is 9.74. The standard InChI is InChI=1S/C24H33N5O2/c1-17-25-22(31-28-17)24-13-21(27-23(30)26-20-10-6-3-7-11-20)12-19(24)15-29(16-24)14-18-8-4-2-5-9-18/h2,4-5,8-9,19-21H,3,6-7,10-16H2,1H3,(H2,26,27,30). The lowest BCUT2D eigenvalue weighted by Gasteiger charge is -2.26. The number of benzene rings is 1. The largest absolute Gasteiger partial charge is 0.339 e. The number of urea groups is 1. The summed E-state index contributed by atoms with van der Waals surface area (Å²) in [6.07, 6.45) is 7.71. The van der Waals surface area contributed by atoms with E-state index in [1.54, 1.807) is 0 Å². The number of nitrogens with zero attached hydrogens (tertiary/aromatic N) is 3. The fourth-order valence-corrected chi connectivity index (χ4v) is 6.04. The number of amides is 2. The molecule has 1 aromatic carbocycles. The Morgan fingerprint density at radius 2 is 1.94 bits per heavy atom. The molecule has 0 spiro atoms. The van der Waals surface area contributed by atoms with Gasteiger partial charge in [0.05, 0.1) is 5.41 Å². The third-order valence-electron chi connectivity index (χ3n) is 7.42. The van der Waals surface area contributed by atoms with Crippen LogP contribution < -0.4 is 10.6 Å². The lowest BCUT2D eigenvalue weighted by atomic mass is 9.80. The highest BCUT2D eigenvalue weighted by Gasteiger charge is 2.57. The van der Waals surface area contributed by atoms with Crippen molar-refractivity contribution in [3.8, 4) is 0 Å². The number of rotatable bonds is 5. The van der Waals surface area contributed by atoms with E-state index in [0.717, 1.165) is 51.2 Å². The molecule has 0 bridgehead atoms. The highest BCUT2D eigenvalue weighted by Crippen LogP contribution is 2.50. The molecule has 7 heteroatoms. The van der Waals surface area contributed by atoms with E-state index in [1.165, 1.54) is 24.8 Å². The SMILES string of the molecule is Cc1noc(C23CC(NC(=O)NC4CCCCC4)CC2CN(Cc2ccccc2)C3)n1. The van der Waals surface area contributed by atoms with Crippen LogP contribution in [0.25, 0.3) is 0 Å². The van der Waals surface area contributed by atoms with E-state index >= 15 is 0 Å². The van der Waals surface area contributed by atoms with Crippen molar-refractivity contribution >= 4 is 6.03 Å². The molecule has 1 saturated heterocycles. The first-order valence-electron chi connectivity index (χ1n) is 11.7. The average molecular weight is 424 g/mol. The van der Waals surface area contributed by atoms with Gasteiger partial charge < -0.3 is 15.2 Å². The monoisotopic (exact) mass is 423 g/mol. The fourth-order valence-electron chi connectivity index (χ4n) is 6.04. The van der Waals surface area contributed by atoms with E-state index in [4.69, 9.17) is 4.52 Å². The number of hydrogen-bond acceptors (Lipinski definition) is 5. The summed E-state index contributed by atoms with van der Waals surface area (Å²) in [5.41, 5.74) is 1.14. The Morgan fingerprint density at radius 3 is 2.68 bits per heavy atom. The summed E-state index contributed by atoms with van der Waals surface area (Å²) >= 11 is 0. The number of nitrogens with one attached hydrogen (secondary N) is 2. The quantitative estimate of drug-likeness (QED) is 0.769. The molecular weight excluding hydrogens is 390 g/mol. The number of carbonyl (C=O) groups excluding carboxylic acids is 1. The first-order valence-corrected chi connectivity index (χ1v) is 11.7. The maximum Gasteiger partial charge on any atom is 0.315 e. The molecule has 3 aliphatic rings. The van der Waals surface area contributed by atoms with Gasteiger partial charge in [-0.3, -0.25) is 4.90 Å². The Kier molecular flexibility index (Phi) is 5.69. The van der Waals surface area contributed by atoms with Gasteiger partial charge in [-0.05, 0) is 44.1 Å². The highest BCUT2D eigenvalue weighted by atomic mass is 16.5. The van der Waals surface area contributed by atoms with Crippen LogP contribution in [-0.2, 0) is 12.0 Å². The molecule has 3 atom stereocenters. The van der Waals surface area contributed by atoms with Crippen molar-refractivity contribution in [2.75, 3.05) is 13.1 Å². The van der Waals surface area contributed by atoms with E-state index < -0.39 is 0 Å². The van der Waals surface area contributed by atoms with Gasteiger partial charge in [-0.2, -0.15) is 4.98 Å². The maximum absolute atomic E-state index is 12.7. The van der Waals surface area contributed by atoms with Gasteiger partial charge in [0.15, 0.2) is 5.82 Å². The zero-order valence-electron chi connectivity index (χ0n) is 18.3. The molecule has 31 heavy (non-hydrogen) atoms. The minimum Gasteiger partial charge on any atom is -0.339 e. The van der Waals surface area contributed by atoms with Gasteiger partial charge in [-0.25, -0.2) is 4.79 Å². The van der Waals surface area contributed by atoms with Crippen molar-refractivity contribution in [2.45, 2.75) is 75.9 Å². The van der Waals surface area contributed by atoms with E-state index in [1.807, 2.05) is 6.92 Å². The average Bonchev–Trinajstić information content (AvgIpc) is 3.42. The first-order chi connectivity index (χ1) is 15.1. The number of aryl methyl sites for hydroxylation is 1. The molecule has 1 aromatic heterocycles. The number of aromatic nitrogens is 2. The van der Waals surface area contributed by atoms with Crippen LogP contribution in [0.1, 0.15) is 62.2 Å². The van der Waals surface area contributed by atoms with Gasteiger partial charge in [0.1, 0.15) is 0 Å². The van der Waals surface area contributed by atoms with E-state index in [-0.39, 0.29) is 17.5 Å². The van der Waals surface area contributed by atoms with Crippen molar-refractivity contribution in [3.63, 3.8) is 0 Å². The third-order valence-corrected chi connectivity index (χ3v) is 7.42. The maximum atomic E-state index is 12.7. The minimum atomic E-state index is -0.182. The van der Waals surface area contributed by atoms with Gasteiger partial charge in [0, 0.05) is 31.7 Å². The molecule has 2 aliphatic carbocycles. The molecule has 2 N–H and O–H groups in total. The molecule has 2 saturated carbocycles. The summed E-state index contributed by atoms with van der Waals surface area (Å²) in [6.45, 7) is 4.67.